The second-order valence-electron chi connectivity index (χ2n) is 22.5. The molecule has 10 rings (SSSR count). The molecule has 1 aliphatic rings. The lowest BCUT2D eigenvalue weighted by Crippen LogP contribution is -2.15. The number of pyridine rings is 4. The smallest absolute Gasteiger partial charge is 0.266 e. The molecule has 0 bridgehead atoms. The number of hydrogen-bond acceptors (Lipinski definition) is 35. The van der Waals surface area contributed by atoms with Gasteiger partial charge in [0.05, 0.1) is 84.5 Å². The molecule has 0 aliphatic carbocycles. The van der Waals surface area contributed by atoms with E-state index in [0.29, 0.717) is 46.1 Å². The maximum atomic E-state index is 11.7. The fourth-order valence-corrected chi connectivity index (χ4v) is 11.7. The highest BCUT2D eigenvalue weighted by Gasteiger charge is 2.27. The van der Waals surface area contributed by atoms with Crippen molar-refractivity contribution in [1.82, 2.24) is 66.0 Å². The van der Waals surface area contributed by atoms with Gasteiger partial charge in [-0.05, 0) is 64.7 Å². The summed E-state index contributed by atoms with van der Waals surface area (Å²) in [5.41, 5.74) is 48.7. The molecule has 0 amide bonds. The van der Waals surface area contributed by atoms with Crippen molar-refractivity contribution >= 4 is 111 Å². The summed E-state index contributed by atoms with van der Waals surface area (Å²) in [6.45, 7) is 17.5. The van der Waals surface area contributed by atoms with E-state index >= 15 is 0 Å². The number of nitrogen functional groups attached to an aromatic ring is 8. The third-order valence-corrected chi connectivity index (χ3v) is 17.5. The summed E-state index contributed by atoms with van der Waals surface area (Å²) in [6, 6.07) is 16.4. The van der Waals surface area contributed by atoms with E-state index < -0.39 is 19.1 Å². The third kappa shape index (κ3) is 24.6. The number of primary sulfonamides is 1. The highest BCUT2D eigenvalue weighted by Crippen LogP contribution is 2.42. The first-order valence-corrected chi connectivity index (χ1v) is 36.5. The van der Waals surface area contributed by atoms with Crippen molar-refractivity contribution in [2.45, 2.75) is 120 Å². The van der Waals surface area contributed by atoms with Gasteiger partial charge in [0.15, 0.2) is 69.3 Å². The number of methoxy groups -OCH3 is 4. The van der Waals surface area contributed by atoms with Gasteiger partial charge < -0.3 is 94.7 Å². The van der Waals surface area contributed by atoms with Gasteiger partial charge in [0.1, 0.15) is 9.79 Å². The molecule has 40 heteroatoms. The zero-order valence-electron chi connectivity index (χ0n) is 58.4. The molecule has 104 heavy (non-hydrogen) atoms. The quantitative estimate of drug-likeness (QED) is 0.0181. The molecule has 1 saturated heterocycles. The lowest BCUT2D eigenvalue weighted by molar-refractivity contribution is 0.198. The zero-order valence-corrected chi connectivity index (χ0v) is 63.8. The average Bonchev–Trinajstić information content (AvgIpc) is 0.815. The number of rotatable bonds is 21. The van der Waals surface area contributed by atoms with Gasteiger partial charge in [-0.25, -0.2) is 61.8 Å². The van der Waals surface area contributed by atoms with E-state index in [1.807, 2.05) is 85.7 Å². The van der Waals surface area contributed by atoms with Gasteiger partial charge in [0.2, 0.25) is 57.3 Å². The van der Waals surface area contributed by atoms with Crippen LogP contribution in [0, 0.1) is 3.57 Å². The number of hydrogen-bond donors (Lipinski definition) is 10. The van der Waals surface area contributed by atoms with Crippen LogP contribution in [-0.4, -0.2) is 118 Å². The summed E-state index contributed by atoms with van der Waals surface area (Å²) in [4.78, 5) is 48.6. The molecule has 21 N–H and O–H groups in total. The Morgan fingerprint density at radius 2 is 0.788 bits per heavy atom. The molecule has 0 atom stereocenters. The molecule has 0 radical (unpaired) electrons. The highest BCUT2D eigenvalue weighted by atomic mass is 127. The number of ether oxygens (including phenoxy) is 9. The van der Waals surface area contributed by atoms with Crippen LogP contribution in [-0.2, 0) is 29.6 Å². The van der Waals surface area contributed by atoms with Crippen molar-refractivity contribution < 1.29 is 59.5 Å². The van der Waals surface area contributed by atoms with Crippen LogP contribution in [0.4, 0.5) is 47.1 Å². The van der Waals surface area contributed by atoms with Gasteiger partial charge in [0, 0.05) is 53.9 Å². The number of sulfonamides is 1. The zero-order chi connectivity index (χ0) is 75.3. The number of nitrogens with zero attached hydrogens (tertiary/aromatic N) is 12. The molecule has 1 fully saturated rings. The monoisotopic (exact) mass is 1630 g/mol. The number of nitrogens with two attached hydrogens (primary N) is 9. The molecule has 0 unspecified atom stereocenters. The topological polar surface area (TPSA) is 575 Å². The van der Waals surface area contributed by atoms with E-state index in [2.05, 4.69) is 94.5 Å². The molecule has 1 aromatic carbocycles. The summed E-state index contributed by atoms with van der Waals surface area (Å²) in [5, 5.41) is 5.20. The molecule has 0 saturated carbocycles. The predicted octanol–water partition coefficient (Wildman–Crippen LogP) is 10.9. The Balaban J connectivity index is 0.000000286. The summed E-state index contributed by atoms with van der Waals surface area (Å²) >= 11 is 3.76. The van der Waals surface area contributed by atoms with Crippen molar-refractivity contribution in [3.05, 3.63) is 111 Å². The van der Waals surface area contributed by atoms with Gasteiger partial charge in [-0.1, -0.05) is 93.1 Å². The molecule has 9 aromatic rings. The minimum atomic E-state index is -4.10. The fraction of sp³-hybridized carbons (Fsp3) is 0.344. The van der Waals surface area contributed by atoms with Crippen LogP contribution < -0.4 is 95.1 Å². The van der Waals surface area contributed by atoms with Crippen molar-refractivity contribution in [1.29, 1.82) is 0 Å². The van der Waals surface area contributed by atoms with Gasteiger partial charge in [-0.2, -0.15) is 19.9 Å². The van der Waals surface area contributed by atoms with Crippen molar-refractivity contribution in [3.63, 3.8) is 0 Å². The van der Waals surface area contributed by atoms with E-state index in [4.69, 9.17) is 104 Å². The van der Waals surface area contributed by atoms with Crippen LogP contribution in [0.3, 0.4) is 0 Å². The first-order chi connectivity index (χ1) is 48.1. The van der Waals surface area contributed by atoms with Crippen molar-refractivity contribution in [2.24, 2.45) is 5.14 Å². The summed E-state index contributed by atoms with van der Waals surface area (Å²) in [7, 11) is 3.06. The van der Waals surface area contributed by atoms with Gasteiger partial charge in [-0.15, -0.1) is 11.8 Å². The van der Waals surface area contributed by atoms with Crippen LogP contribution in [0.1, 0.15) is 128 Å². The number of aromatic nitrogens is 12. The van der Waals surface area contributed by atoms with Gasteiger partial charge in [0.25, 0.3) is 9.05 Å². The second-order valence-corrected chi connectivity index (χ2v) is 28.8. The van der Waals surface area contributed by atoms with E-state index in [1.165, 1.54) is 69.5 Å². The number of halogens is 2. The first-order valence-electron chi connectivity index (χ1n) is 30.6. The lowest BCUT2D eigenvalue weighted by Gasteiger charge is -2.17. The lowest BCUT2D eigenvalue weighted by atomic mass is 10.1. The maximum absolute atomic E-state index is 11.7. The van der Waals surface area contributed by atoms with E-state index in [0.717, 1.165) is 38.8 Å². The minimum Gasteiger partial charge on any atom is -0.480 e. The Morgan fingerprint density at radius 3 is 1.10 bits per heavy atom. The molecule has 9 heterocycles. The van der Waals surface area contributed by atoms with Crippen LogP contribution in [0.25, 0.3) is 0 Å². The standard InChI is InChI=1S/C20H23N5O2S.C13H16ClN5O4S.C13H16IN5O2.C13H18N6O4S.C4H8O.CH4.H3N/c1-12(2)17-14(27-15-10-23-20(22)25-18(15)21)9-16(19(24-17)26-3)28-11-13-7-5-4-6-8-13;1-6(2)10-7(23-8-5-17-13(16)19-11(8)15)4-9(24(14,20)21)12(18-10)22-3;1-6(2)10-8(4-7(14)12(18-10)20-3)21-9-5-17-13(16)19-11(9)15;1-6(2)10-7(23-8-5-17-13(15)19-11(8)14)4-9(24(16,20)21)12(18-10)22-3;1-2-4-5-3-1;;/h4-10,12H,11H2,1-3H3,(H4,21,22,23,25);4-6H,1-3H3,(H4,15,16,17,19);4-6H,1-3H3,(H4,15,16,17,19);4-6H,1-3H3,(H2,16,20,21)(H4,14,15,17,19);1-4H2;1H4;1H3. The Labute approximate surface area is 625 Å². The molecule has 8 aromatic heterocycles. The van der Waals surface area contributed by atoms with Crippen LogP contribution in [0.15, 0.2) is 94.1 Å². The summed E-state index contributed by atoms with van der Waals surface area (Å²) < 4.78 is 96.6. The third-order valence-electron chi connectivity index (χ3n) is 13.5. The highest BCUT2D eigenvalue weighted by molar-refractivity contribution is 14.1. The normalized spacial score (nSPS) is 11.6. The second kappa shape index (κ2) is 39.7. The Hall–Kier alpha value is -9.91. The van der Waals surface area contributed by atoms with E-state index in [-0.39, 0.29) is 129 Å². The first kappa shape index (κ1) is 86.5. The number of benzene rings is 1. The number of thioether (sulfide) groups is 1. The average molecular weight is 1630 g/mol. The number of anilines is 8. The minimum absolute atomic E-state index is 0. The van der Waals surface area contributed by atoms with Crippen molar-refractivity contribution in [2.75, 3.05) is 87.5 Å². The molecule has 0 spiro atoms. The van der Waals surface area contributed by atoms with E-state index in [1.54, 1.807) is 26.0 Å². The van der Waals surface area contributed by atoms with Gasteiger partial charge in [-0.3, -0.25) is 0 Å². The predicted molar refractivity (Wildman–Crippen MR) is 408 cm³/mol. The van der Waals surface area contributed by atoms with Crippen LogP contribution in [0.2, 0.25) is 0 Å². The Bertz CT molecular complexity index is 4430. The fourth-order valence-electron chi connectivity index (χ4n) is 8.56. The Kier molecular flexibility index (Phi) is 33.0. The van der Waals surface area contributed by atoms with E-state index in [9.17, 15) is 16.8 Å². The van der Waals surface area contributed by atoms with Gasteiger partial charge >= 0.3 is 0 Å². The summed E-state index contributed by atoms with van der Waals surface area (Å²) in [5.74, 6) is 4.66. The maximum Gasteiger partial charge on any atom is 0.266 e. The van der Waals surface area contributed by atoms with Crippen LogP contribution in [0.5, 0.6) is 69.5 Å². The largest absolute Gasteiger partial charge is 0.480 e. The SMILES string of the molecule is C.C1CCOC1.COc1nc(C(C)C)c(Oc2cnc(N)nc2N)cc1I.COc1nc(C(C)C)c(Oc2cnc(N)nc2N)cc1S(=O)(=O)Cl.COc1nc(C(C)C)c(Oc2cnc(N)nc2N)cc1S(N)(=O)=O.COc1nc(C(C)C)c(Oc2cnc(N)nc2N)cc1SCc1ccccc1.N. The summed E-state index contributed by atoms with van der Waals surface area (Å²) in [6.07, 6.45) is 8.02. The molecular formula is C64H88ClIN22O13S3. The molecule has 35 nitrogen and oxygen atoms in total. The molecule has 1 aliphatic heterocycles. The van der Waals surface area contributed by atoms with Crippen LogP contribution >= 0.6 is 45.0 Å². The molecule has 564 valence electrons. The molecular weight excluding hydrogens is 1540 g/mol. The Morgan fingerprint density at radius 1 is 0.471 bits per heavy atom. The van der Waals surface area contributed by atoms with Crippen molar-refractivity contribution in [3.8, 4) is 69.5 Å².